The molecule has 0 spiro atoms. The number of carbonyl (C=O) groups is 1. The average molecular weight is 435 g/mol. The summed E-state index contributed by atoms with van der Waals surface area (Å²) in [4.78, 5) is 27.5. The maximum Gasteiger partial charge on any atom is 0.269 e. The Morgan fingerprint density at radius 3 is 2.50 bits per heavy atom. The number of benzene rings is 2. The minimum atomic E-state index is -0.447. The van der Waals surface area contributed by atoms with E-state index in [0.29, 0.717) is 24.4 Å². The molecule has 1 saturated heterocycles. The highest BCUT2D eigenvalue weighted by atomic mass is 16.6. The zero-order chi connectivity index (χ0) is 22.5. The number of carbonyl (C=O) groups excluding carboxylic acids is 1. The van der Waals surface area contributed by atoms with Crippen molar-refractivity contribution in [1.82, 2.24) is 19.6 Å². The van der Waals surface area contributed by atoms with Crippen molar-refractivity contribution in [2.24, 2.45) is 7.05 Å². The van der Waals surface area contributed by atoms with E-state index in [2.05, 4.69) is 10.00 Å². The van der Waals surface area contributed by atoms with Gasteiger partial charge in [-0.1, -0.05) is 12.1 Å². The second kappa shape index (κ2) is 9.61. The Morgan fingerprint density at radius 2 is 1.84 bits per heavy atom. The first-order valence-electron chi connectivity index (χ1n) is 10.4. The molecule has 1 aliphatic heterocycles. The van der Waals surface area contributed by atoms with Gasteiger partial charge in [0.2, 0.25) is 0 Å². The third-order valence-corrected chi connectivity index (χ3v) is 5.45. The van der Waals surface area contributed by atoms with Crippen molar-refractivity contribution < 1.29 is 14.5 Å². The summed E-state index contributed by atoms with van der Waals surface area (Å²) >= 11 is 0. The number of aromatic nitrogens is 2. The van der Waals surface area contributed by atoms with E-state index in [1.165, 1.54) is 17.7 Å². The molecule has 9 heteroatoms. The zero-order valence-corrected chi connectivity index (χ0v) is 17.9. The SMILES string of the molecule is Cn1cc(CN2CCN(C(=O)c3cccc(COc4ccc([N+](=O)[O-])cc4)c3)CC2)cn1. The maximum atomic E-state index is 13.0. The second-order valence-electron chi connectivity index (χ2n) is 7.83. The predicted molar refractivity (Wildman–Crippen MR) is 118 cm³/mol. The molecule has 32 heavy (non-hydrogen) atoms. The van der Waals surface area contributed by atoms with Crippen LogP contribution in [0, 0.1) is 10.1 Å². The number of hydrogen-bond acceptors (Lipinski definition) is 6. The van der Waals surface area contributed by atoms with E-state index in [9.17, 15) is 14.9 Å². The minimum Gasteiger partial charge on any atom is -0.489 e. The van der Waals surface area contributed by atoms with E-state index < -0.39 is 4.92 Å². The van der Waals surface area contributed by atoms with Gasteiger partial charge < -0.3 is 9.64 Å². The van der Waals surface area contributed by atoms with Crippen molar-refractivity contribution in [3.8, 4) is 5.75 Å². The van der Waals surface area contributed by atoms with Crippen LogP contribution >= 0.6 is 0 Å². The molecule has 2 heterocycles. The molecule has 1 aromatic heterocycles. The first-order chi connectivity index (χ1) is 15.5. The van der Waals surface area contributed by atoms with Crippen molar-refractivity contribution in [2.45, 2.75) is 13.2 Å². The summed E-state index contributed by atoms with van der Waals surface area (Å²) in [5, 5.41) is 15.0. The Hall–Kier alpha value is -3.72. The molecular weight excluding hydrogens is 410 g/mol. The van der Waals surface area contributed by atoms with E-state index in [1.54, 1.807) is 16.8 Å². The van der Waals surface area contributed by atoms with Crippen molar-refractivity contribution in [3.05, 3.63) is 87.7 Å². The van der Waals surface area contributed by atoms with Crippen molar-refractivity contribution in [2.75, 3.05) is 26.2 Å². The highest BCUT2D eigenvalue weighted by molar-refractivity contribution is 5.94. The number of rotatable bonds is 7. The average Bonchev–Trinajstić information content (AvgIpc) is 3.22. The van der Waals surface area contributed by atoms with Gasteiger partial charge in [0, 0.05) is 69.2 Å². The first kappa shape index (κ1) is 21.5. The van der Waals surface area contributed by atoms with Gasteiger partial charge in [-0.25, -0.2) is 0 Å². The largest absolute Gasteiger partial charge is 0.489 e. The van der Waals surface area contributed by atoms with Crippen LogP contribution < -0.4 is 4.74 Å². The van der Waals surface area contributed by atoms with Crippen LogP contribution in [0.25, 0.3) is 0 Å². The zero-order valence-electron chi connectivity index (χ0n) is 17.9. The van der Waals surface area contributed by atoms with Crippen LogP contribution in [-0.4, -0.2) is 56.6 Å². The van der Waals surface area contributed by atoms with Crippen LogP contribution in [-0.2, 0) is 20.2 Å². The number of aryl methyl sites for hydroxylation is 1. The number of amides is 1. The molecule has 0 aliphatic carbocycles. The van der Waals surface area contributed by atoms with E-state index in [-0.39, 0.29) is 18.2 Å². The van der Waals surface area contributed by atoms with Crippen LogP contribution in [0.15, 0.2) is 60.9 Å². The van der Waals surface area contributed by atoms with Gasteiger partial charge in [-0.3, -0.25) is 24.5 Å². The summed E-state index contributed by atoms with van der Waals surface area (Å²) in [6, 6.07) is 13.4. The Kier molecular flexibility index (Phi) is 6.46. The van der Waals surface area contributed by atoms with Gasteiger partial charge in [0.05, 0.1) is 11.1 Å². The molecular formula is C23H25N5O4. The number of nitrogens with zero attached hydrogens (tertiary/aromatic N) is 5. The Labute approximate surface area is 186 Å². The van der Waals surface area contributed by atoms with E-state index in [1.807, 2.05) is 48.6 Å². The lowest BCUT2D eigenvalue weighted by Gasteiger charge is -2.34. The molecule has 0 N–H and O–H groups in total. The summed E-state index contributed by atoms with van der Waals surface area (Å²) in [5.74, 6) is 0.556. The molecule has 4 rings (SSSR count). The molecule has 1 amide bonds. The van der Waals surface area contributed by atoms with Crippen LogP contribution in [0.2, 0.25) is 0 Å². The number of hydrogen-bond donors (Lipinski definition) is 0. The molecule has 0 bridgehead atoms. The van der Waals surface area contributed by atoms with Gasteiger partial charge in [-0.2, -0.15) is 5.10 Å². The molecule has 1 aliphatic rings. The first-order valence-corrected chi connectivity index (χ1v) is 10.4. The Balaban J connectivity index is 1.30. The van der Waals surface area contributed by atoms with Gasteiger partial charge in [-0.05, 0) is 29.8 Å². The van der Waals surface area contributed by atoms with Gasteiger partial charge in [0.25, 0.3) is 11.6 Å². The fourth-order valence-corrected chi connectivity index (χ4v) is 3.73. The molecule has 3 aromatic rings. The maximum absolute atomic E-state index is 13.0. The van der Waals surface area contributed by atoms with E-state index in [4.69, 9.17) is 4.74 Å². The number of nitro groups is 1. The predicted octanol–water partition coefficient (Wildman–Crippen LogP) is 2.87. The summed E-state index contributed by atoms with van der Waals surface area (Å²) in [6.07, 6.45) is 3.89. The van der Waals surface area contributed by atoms with E-state index in [0.717, 1.165) is 25.2 Å². The summed E-state index contributed by atoms with van der Waals surface area (Å²) in [5.41, 5.74) is 2.69. The smallest absolute Gasteiger partial charge is 0.269 e. The van der Waals surface area contributed by atoms with Gasteiger partial charge >= 0.3 is 0 Å². The third-order valence-electron chi connectivity index (χ3n) is 5.45. The van der Waals surface area contributed by atoms with Gasteiger partial charge in [0.1, 0.15) is 12.4 Å². The molecule has 9 nitrogen and oxygen atoms in total. The summed E-state index contributed by atoms with van der Waals surface area (Å²) in [6.45, 7) is 4.13. The fourth-order valence-electron chi connectivity index (χ4n) is 3.73. The monoisotopic (exact) mass is 435 g/mol. The van der Waals surface area contributed by atoms with Crippen molar-refractivity contribution in [1.29, 1.82) is 0 Å². The molecule has 0 saturated carbocycles. The molecule has 0 atom stereocenters. The fraction of sp³-hybridized carbons (Fsp3) is 0.304. The normalized spacial score (nSPS) is 14.3. The highest BCUT2D eigenvalue weighted by Crippen LogP contribution is 2.19. The summed E-state index contributed by atoms with van der Waals surface area (Å²) < 4.78 is 7.52. The van der Waals surface area contributed by atoms with E-state index >= 15 is 0 Å². The van der Waals surface area contributed by atoms with Crippen molar-refractivity contribution in [3.63, 3.8) is 0 Å². The number of nitro benzene ring substituents is 1. The lowest BCUT2D eigenvalue weighted by Crippen LogP contribution is -2.48. The van der Waals surface area contributed by atoms with Crippen molar-refractivity contribution >= 4 is 11.6 Å². The number of ether oxygens (including phenoxy) is 1. The number of piperazine rings is 1. The lowest BCUT2D eigenvalue weighted by molar-refractivity contribution is -0.384. The quantitative estimate of drug-likeness (QED) is 0.418. The van der Waals surface area contributed by atoms with Crippen LogP contribution in [0.5, 0.6) is 5.75 Å². The Bertz CT molecular complexity index is 1090. The topological polar surface area (TPSA) is 93.7 Å². The van der Waals surface area contributed by atoms with Gasteiger partial charge in [-0.15, -0.1) is 0 Å². The molecule has 166 valence electrons. The number of non-ortho nitro benzene ring substituents is 1. The summed E-state index contributed by atoms with van der Waals surface area (Å²) in [7, 11) is 1.91. The molecule has 0 radical (unpaired) electrons. The highest BCUT2D eigenvalue weighted by Gasteiger charge is 2.22. The Morgan fingerprint density at radius 1 is 1.09 bits per heavy atom. The van der Waals surface area contributed by atoms with Crippen LogP contribution in [0.4, 0.5) is 5.69 Å². The second-order valence-corrected chi connectivity index (χ2v) is 7.83. The standard InChI is InChI=1S/C23H25N5O4/c1-25-15-19(14-24-25)16-26-9-11-27(12-10-26)23(29)20-4-2-3-18(13-20)17-32-22-7-5-21(6-8-22)28(30)31/h2-8,13-15H,9-12,16-17H2,1H3. The third kappa shape index (κ3) is 5.30. The minimum absolute atomic E-state index is 0.0169. The van der Waals surface area contributed by atoms with Gasteiger partial charge in [0.15, 0.2) is 0 Å². The molecule has 0 unspecified atom stereocenters. The van der Waals surface area contributed by atoms with Crippen LogP contribution in [0.1, 0.15) is 21.5 Å². The molecule has 2 aromatic carbocycles. The van der Waals surface area contributed by atoms with Crippen LogP contribution in [0.3, 0.4) is 0 Å². The lowest BCUT2D eigenvalue weighted by atomic mass is 10.1. The molecule has 1 fully saturated rings.